The van der Waals surface area contributed by atoms with Gasteiger partial charge in [0.1, 0.15) is 0 Å². The lowest BCUT2D eigenvalue weighted by atomic mass is 9.99. The molecule has 0 spiro atoms. The van der Waals surface area contributed by atoms with Gasteiger partial charge in [0.25, 0.3) is 0 Å². The Morgan fingerprint density at radius 1 is 1.25 bits per heavy atom. The van der Waals surface area contributed by atoms with E-state index in [1.54, 1.807) is 23.9 Å². The van der Waals surface area contributed by atoms with Gasteiger partial charge in [0.2, 0.25) is 5.91 Å². The number of urea groups is 1. The molecule has 130 valence electrons. The van der Waals surface area contributed by atoms with E-state index in [0.29, 0.717) is 26.1 Å². The van der Waals surface area contributed by atoms with E-state index in [2.05, 4.69) is 17.4 Å². The Kier molecular flexibility index (Phi) is 5.04. The molecule has 2 aliphatic rings. The number of carbonyl (C=O) groups is 2. The van der Waals surface area contributed by atoms with Crippen LogP contribution in [0, 0.1) is 5.92 Å². The molecular weight excluding hydrogens is 306 g/mol. The molecular formula is C18H25N3O3. The Balaban J connectivity index is 1.50. The first kappa shape index (κ1) is 16.8. The van der Waals surface area contributed by atoms with Crippen molar-refractivity contribution >= 4 is 11.9 Å². The van der Waals surface area contributed by atoms with Crippen LogP contribution in [0.3, 0.4) is 0 Å². The van der Waals surface area contributed by atoms with Crippen LogP contribution in [-0.2, 0) is 16.0 Å². The number of benzene rings is 1. The number of hydrogen-bond donors (Lipinski definition) is 1. The number of likely N-dealkylation sites (tertiary alicyclic amines) is 1. The second kappa shape index (κ2) is 7.21. The zero-order valence-corrected chi connectivity index (χ0v) is 14.3. The van der Waals surface area contributed by atoms with Crippen molar-refractivity contribution in [2.24, 2.45) is 5.92 Å². The number of nitrogens with one attached hydrogen (secondary N) is 1. The Morgan fingerprint density at radius 3 is 2.71 bits per heavy atom. The molecule has 3 atom stereocenters. The smallest absolute Gasteiger partial charge is 0.317 e. The van der Waals surface area contributed by atoms with E-state index in [1.807, 2.05) is 18.2 Å². The highest BCUT2D eigenvalue weighted by Gasteiger charge is 2.46. The molecule has 1 aromatic rings. The van der Waals surface area contributed by atoms with Crippen LogP contribution in [0.15, 0.2) is 30.3 Å². The first-order valence-corrected chi connectivity index (χ1v) is 8.48. The van der Waals surface area contributed by atoms with Gasteiger partial charge in [-0.15, -0.1) is 0 Å². The molecule has 24 heavy (non-hydrogen) atoms. The molecule has 2 heterocycles. The topological polar surface area (TPSA) is 61.9 Å². The largest absolute Gasteiger partial charge is 0.370 e. The molecule has 0 aromatic heterocycles. The van der Waals surface area contributed by atoms with E-state index < -0.39 is 0 Å². The Morgan fingerprint density at radius 2 is 2.00 bits per heavy atom. The fourth-order valence-electron chi connectivity index (χ4n) is 3.49. The van der Waals surface area contributed by atoms with Crippen molar-refractivity contribution in [3.8, 4) is 0 Å². The molecule has 2 saturated heterocycles. The summed E-state index contributed by atoms with van der Waals surface area (Å²) in [6, 6.07) is 10.0. The fourth-order valence-corrected chi connectivity index (χ4v) is 3.49. The predicted octanol–water partition coefficient (Wildman–Crippen LogP) is 1.12. The van der Waals surface area contributed by atoms with Gasteiger partial charge in [0, 0.05) is 33.7 Å². The van der Waals surface area contributed by atoms with E-state index >= 15 is 0 Å². The Bertz CT molecular complexity index is 590. The minimum absolute atomic E-state index is 0.0301. The lowest BCUT2D eigenvalue weighted by Gasteiger charge is -2.33. The van der Waals surface area contributed by atoms with Gasteiger partial charge < -0.3 is 19.9 Å². The van der Waals surface area contributed by atoms with Crippen LogP contribution in [0.4, 0.5) is 4.79 Å². The van der Waals surface area contributed by atoms with Gasteiger partial charge in [-0.25, -0.2) is 4.79 Å². The standard InChI is InChI=1S/C18H25N3O3/c1-20(2)17(22)15-10-14-11-21(12-16(15)24-14)18(23)19-9-8-13-6-4-3-5-7-13/h3-7,14-16H,8-12H2,1-2H3,(H,19,23). The molecule has 1 aromatic carbocycles. The summed E-state index contributed by atoms with van der Waals surface area (Å²) in [5.41, 5.74) is 1.21. The van der Waals surface area contributed by atoms with Gasteiger partial charge in [0.15, 0.2) is 0 Å². The molecule has 3 amide bonds. The average Bonchev–Trinajstić information content (AvgIpc) is 2.88. The SMILES string of the molecule is CN(C)C(=O)C1CC2CN(C(=O)NCCc3ccccc3)CC1O2. The number of ether oxygens (including phenoxy) is 1. The molecule has 1 N–H and O–H groups in total. The van der Waals surface area contributed by atoms with Gasteiger partial charge in [-0.3, -0.25) is 4.79 Å². The summed E-state index contributed by atoms with van der Waals surface area (Å²) in [5.74, 6) is -0.0408. The lowest BCUT2D eigenvalue weighted by molar-refractivity contribution is -0.135. The predicted molar refractivity (Wildman–Crippen MR) is 90.6 cm³/mol. The minimum Gasteiger partial charge on any atom is -0.370 e. The fraction of sp³-hybridized carbons (Fsp3) is 0.556. The van der Waals surface area contributed by atoms with E-state index in [9.17, 15) is 9.59 Å². The molecule has 6 heteroatoms. The number of rotatable bonds is 4. The number of nitrogens with zero attached hydrogens (tertiary/aromatic N) is 2. The molecule has 0 aliphatic carbocycles. The minimum atomic E-state index is -0.182. The second-order valence-corrected chi connectivity index (χ2v) is 6.74. The quantitative estimate of drug-likeness (QED) is 0.899. The van der Waals surface area contributed by atoms with Crippen LogP contribution in [0.5, 0.6) is 0 Å². The number of fused-ring (bicyclic) bond motifs is 2. The van der Waals surface area contributed by atoms with Gasteiger partial charge in [0.05, 0.1) is 18.1 Å². The summed E-state index contributed by atoms with van der Waals surface area (Å²) in [6.07, 6.45) is 1.30. The van der Waals surface area contributed by atoms with Crippen LogP contribution in [0.25, 0.3) is 0 Å². The average molecular weight is 331 g/mol. The van der Waals surface area contributed by atoms with Crippen LogP contribution in [-0.4, -0.2) is 67.7 Å². The van der Waals surface area contributed by atoms with Crippen LogP contribution >= 0.6 is 0 Å². The monoisotopic (exact) mass is 331 g/mol. The lowest BCUT2D eigenvalue weighted by Crippen LogP contribution is -2.51. The van der Waals surface area contributed by atoms with E-state index in [1.165, 1.54) is 5.56 Å². The van der Waals surface area contributed by atoms with Crippen molar-refractivity contribution in [3.05, 3.63) is 35.9 Å². The first-order chi connectivity index (χ1) is 11.5. The number of hydrogen-bond acceptors (Lipinski definition) is 3. The summed E-state index contributed by atoms with van der Waals surface area (Å²) in [6.45, 7) is 1.65. The van der Waals surface area contributed by atoms with E-state index in [4.69, 9.17) is 4.74 Å². The van der Waals surface area contributed by atoms with Crippen molar-refractivity contribution in [2.45, 2.75) is 25.0 Å². The zero-order chi connectivity index (χ0) is 17.1. The van der Waals surface area contributed by atoms with Crippen LogP contribution in [0.1, 0.15) is 12.0 Å². The maximum atomic E-state index is 12.4. The third kappa shape index (κ3) is 3.70. The molecule has 0 saturated carbocycles. The van der Waals surface area contributed by atoms with E-state index in [-0.39, 0.29) is 30.1 Å². The molecule has 2 fully saturated rings. The molecule has 0 radical (unpaired) electrons. The first-order valence-electron chi connectivity index (χ1n) is 8.48. The highest BCUT2D eigenvalue weighted by atomic mass is 16.5. The number of morpholine rings is 1. The summed E-state index contributed by atoms with van der Waals surface area (Å²) >= 11 is 0. The van der Waals surface area contributed by atoms with Crippen molar-refractivity contribution in [3.63, 3.8) is 0 Å². The number of carbonyl (C=O) groups excluding carboxylic acids is 2. The molecule has 2 bridgehead atoms. The summed E-state index contributed by atoms with van der Waals surface area (Å²) < 4.78 is 5.87. The second-order valence-electron chi connectivity index (χ2n) is 6.74. The van der Waals surface area contributed by atoms with Gasteiger partial charge in [-0.1, -0.05) is 30.3 Å². The Hall–Kier alpha value is -2.08. The molecule has 3 rings (SSSR count). The van der Waals surface area contributed by atoms with Crippen molar-refractivity contribution in [1.82, 2.24) is 15.1 Å². The molecule has 2 aliphatic heterocycles. The van der Waals surface area contributed by atoms with Crippen LogP contribution < -0.4 is 5.32 Å². The van der Waals surface area contributed by atoms with Gasteiger partial charge >= 0.3 is 6.03 Å². The maximum Gasteiger partial charge on any atom is 0.317 e. The third-order valence-corrected chi connectivity index (χ3v) is 4.74. The van der Waals surface area contributed by atoms with Gasteiger partial charge in [-0.05, 0) is 18.4 Å². The third-order valence-electron chi connectivity index (χ3n) is 4.74. The van der Waals surface area contributed by atoms with Crippen LogP contribution in [0.2, 0.25) is 0 Å². The van der Waals surface area contributed by atoms with Crippen molar-refractivity contribution < 1.29 is 14.3 Å². The van der Waals surface area contributed by atoms with E-state index in [0.717, 1.165) is 6.42 Å². The number of amides is 3. The van der Waals surface area contributed by atoms with Gasteiger partial charge in [-0.2, -0.15) is 0 Å². The molecule has 3 unspecified atom stereocenters. The molecule has 6 nitrogen and oxygen atoms in total. The summed E-state index contributed by atoms with van der Waals surface area (Å²) in [7, 11) is 3.53. The Labute approximate surface area is 142 Å². The highest BCUT2D eigenvalue weighted by molar-refractivity contribution is 5.80. The van der Waals surface area contributed by atoms with Crippen molar-refractivity contribution in [1.29, 1.82) is 0 Å². The van der Waals surface area contributed by atoms with Crippen molar-refractivity contribution in [2.75, 3.05) is 33.7 Å². The maximum absolute atomic E-state index is 12.4. The highest BCUT2D eigenvalue weighted by Crippen LogP contribution is 2.32. The summed E-state index contributed by atoms with van der Waals surface area (Å²) in [5, 5.41) is 2.97. The normalized spacial score (nSPS) is 25.4. The zero-order valence-electron chi connectivity index (χ0n) is 14.3. The summed E-state index contributed by atoms with van der Waals surface area (Å²) in [4.78, 5) is 28.0.